The number of likely N-dealkylation sites (tertiary alicyclic amines) is 1. The van der Waals surface area contributed by atoms with Crippen molar-refractivity contribution in [1.29, 1.82) is 0 Å². The lowest BCUT2D eigenvalue weighted by molar-refractivity contribution is -0.124. The van der Waals surface area contributed by atoms with Gasteiger partial charge in [-0.1, -0.05) is 26.7 Å². The second-order valence-corrected chi connectivity index (χ2v) is 7.61. The first-order valence-corrected chi connectivity index (χ1v) is 10.4. The molecule has 0 aromatic heterocycles. The van der Waals surface area contributed by atoms with Gasteiger partial charge in [0.2, 0.25) is 5.91 Å². The van der Waals surface area contributed by atoms with Gasteiger partial charge < -0.3 is 16.0 Å². The summed E-state index contributed by atoms with van der Waals surface area (Å²) in [6.07, 6.45) is 5.21. The number of guanidine groups is 1. The van der Waals surface area contributed by atoms with Gasteiger partial charge in [-0.2, -0.15) is 0 Å². The average molecular weight is 381 g/mol. The van der Waals surface area contributed by atoms with E-state index in [2.05, 4.69) is 34.7 Å². The predicted molar refractivity (Wildman–Crippen MR) is 108 cm³/mol. The zero-order valence-electron chi connectivity index (χ0n) is 17.1. The number of amides is 3. The van der Waals surface area contributed by atoms with Crippen molar-refractivity contribution < 1.29 is 9.59 Å². The van der Waals surface area contributed by atoms with Gasteiger partial charge in [-0.3, -0.25) is 19.6 Å². The fraction of sp³-hybridized carbons (Fsp3) is 0.842. The van der Waals surface area contributed by atoms with Gasteiger partial charge in [0.1, 0.15) is 0 Å². The summed E-state index contributed by atoms with van der Waals surface area (Å²) < 4.78 is 0. The zero-order chi connectivity index (χ0) is 19.6. The Kier molecular flexibility index (Phi) is 8.84. The molecule has 8 heteroatoms. The smallest absolute Gasteiger partial charge is 0.324 e. The molecule has 27 heavy (non-hydrogen) atoms. The van der Waals surface area contributed by atoms with Crippen LogP contribution in [0, 0.1) is 5.92 Å². The van der Waals surface area contributed by atoms with E-state index in [1.165, 1.54) is 30.6 Å². The second kappa shape index (κ2) is 11.1. The van der Waals surface area contributed by atoms with E-state index in [1.54, 1.807) is 0 Å². The van der Waals surface area contributed by atoms with Crippen LogP contribution in [0.5, 0.6) is 0 Å². The minimum atomic E-state index is -0.315. The van der Waals surface area contributed by atoms with Crippen LogP contribution in [-0.4, -0.2) is 79.6 Å². The number of nitrogens with one attached hydrogen (secondary N) is 3. The van der Waals surface area contributed by atoms with Crippen LogP contribution < -0.4 is 16.0 Å². The maximum Gasteiger partial charge on any atom is 0.324 e. The number of aliphatic imine (C=N–C) groups is 1. The third-order valence-electron chi connectivity index (χ3n) is 5.22. The van der Waals surface area contributed by atoms with Crippen LogP contribution in [-0.2, 0) is 4.79 Å². The summed E-state index contributed by atoms with van der Waals surface area (Å²) in [4.78, 5) is 31.9. The van der Waals surface area contributed by atoms with Gasteiger partial charge in [0.25, 0.3) is 0 Å². The highest BCUT2D eigenvalue weighted by Crippen LogP contribution is 2.17. The molecule has 2 saturated heterocycles. The number of carbonyl (C=O) groups is 2. The average Bonchev–Trinajstić information content (AvgIpc) is 2.83. The van der Waals surface area contributed by atoms with Crippen LogP contribution in [0.1, 0.15) is 46.5 Å². The van der Waals surface area contributed by atoms with E-state index in [4.69, 9.17) is 4.99 Å². The van der Waals surface area contributed by atoms with Crippen molar-refractivity contribution in [2.45, 2.75) is 52.5 Å². The number of hydrogen-bond acceptors (Lipinski definition) is 4. The summed E-state index contributed by atoms with van der Waals surface area (Å²) in [7, 11) is 0. The number of imide groups is 1. The van der Waals surface area contributed by atoms with E-state index in [-0.39, 0.29) is 18.5 Å². The molecule has 2 rings (SSSR count). The Morgan fingerprint density at radius 1 is 1.15 bits per heavy atom. The van der Waals surface area contributed by atoms with E-state index < -0.39 is 0 Å². The van der Waals surface area contributed by atoms with Crippen molar-refractivity contribution >= 4 is 17.9 Å². The largest absolute Gasteiger partial charge is 0.357 e. The minimum absolute atomic E-state index is 0.0961. The number of rotatable bonds is 8. The molecule has 0 bridgehead atoms. The van der Waals surface area contributed by atoms with Crippen molar-refractivity contribution in [2.24, 2.45) is 10.9 Å². The molecule has 0 spiro atoms. The van der Waals surface area contributed by atoms with Gasteiger partial charge in [0.15, 0.2) is 5.96 Å². The first-order valence-electron chi connectivity index (χ1n) is 10.4. The van der Waals surface area contributed by atoms with Gasteiger partial charge in [-0.15, -0.1) is 0 Å². The summed E-state index contributed by atoms with van der Waals surface area (Å²) in [6.45, 7) is 11.3. The normalized spacial score (nSPS) is 20.6. The Morgan fingerprint density at radius 2 is 1.85 bits per heavy atom. The summed E-state index contributed by atoms with van der Waals surface area (Å²) in [5.41, 5.74) is 0. The molecule has 0 aromatic rings. The molecule has 154 valence electrons. The third kappa shape index (κ3) is 6.68. The molecule has 0 radical (unpaired) electrons. The molecule has 0 aromatic carbocycles. The Balaban J connectivity index is 1.89. The van der Waals surface area contributed by atoms with Crippen LogP contribution in [0.2, 0.25) is 0 Å². The fourth-order valence-electron chi connectivity index (χ4n) is 3.67. The number of urea groups is 1. The topological polar surface area (TPSA) is 89.1 Å². The lowest BCUT2D eigenvalue weighted by atomic mass is 10.0. The van der Waals surface area contributed by atoms with Crippen molar-refractivity contribution in [3.63, 3.8) is 0 Å². The first kappa shape index (κ1) is 21.5. The van der Waals surface area contributed by atoms with Crippen LogP contribution in [0.15, 0.2) is 4.99 Å². The van der Waals surface area contributed by atoms with E-state index >= 15 is 0 Å². The van der Waals surface area contributed by atoms with Crippen molar-refractivity contribution in [3.8, 4) is 0 Å². The summed E-state index contributed by atoms with van der Waals surface area (Å²) in [6, 6.07) is 0.120. The quantitative estimate of drug-likeness (QED) is 0.332. The number of hydrogen-bond donors (Lipinski definition) is 3. The molecule has 1 unspecified atom stereocenters. The van der Waals surface area contributed by atoms with Crippen LogP contribution >= 0.6 is 0 Å². The molecule has 2 aliphatic rings. The van der Waals surface area contributed by atoms with E-state index in [0.29, 0.717) is 25.0 Å². The molecule has 2 heterocycles. The van der Waals surface area contributed by atoms with Gasteiger partial charge in [-0.05, 0) is 38.8 Å². The highest BCUT2D eigenvalue weighted by Gasteiger charge is 2.27. The molecule has 2 aliphatic heterocycles. The Hall–Kier alpha value is -1.83. The predicted octanol–water partition coefficient (Wildman–Crippen LogP) is 0.994. The molecule has 3 N–H and O–H groups in total. The molecular weight excluding hydrogens is 344 g/mol. The lowest BCUT2D eigenvalue weighted by Gasteiger charge is -2.32. The molecule has 1 atom stereocenters. The van der Waals surface area contributed by atoms with Crippen molar-refractivity contribution in [3.05, 3.63) is 0 Å². The number of nitrogens with zero attached hydrogens (tertiary/aromatic N) is 3. The molecule has 8 nitrogen and oxygen atoms in total. The Labute approximate surface area is 163 Å². The molecule has 0 aliphatic carbocycles. The van der Waals surface area contributed by atoms with Crippen LogP contribution in [0.4, 0.5) is 4.79 Å². The molecule has 2 fully saturated rings. The van der Waals surface area contributed by atoms with Crippen LogP contribution in [0.25, 0.3) is 0 Å². The summed E-state index contributed by atoms with van der Waals surface area (Å²) in [5, 5.41) is 9.04. The van der Waals surface area contributed by atoms with E-state index in [0.717, 1.165) is 32.1 Å². The molecular formula is C19H36N6O2. The zero-order valence-corrected chi connectivity index (χ0v) is 17.1. The van der Waals surface area contributed by atoms with Gasteiger partial charge >= 0.3 is 6.03 Å². The lowest BCUT2D eigenvalue weighted by Crippen LogP contribution is -2.45. The second-order valence-electron chi connectivity index (χ2n) is 7.61. The minimum Gasteiger partial charge on any atom is -0.357 e. The van der Waals surface area contributed by atoms with Crippen LogP contribution in [0.3, 0.4) is 0 Å². The van der Waals surface area contributed by atoms with Gasteiger partial charge in [0.05, 0.1) is 13.1 Å². The maximum absolute atomic E-state index is 11.6. The van der Waals surface area contributed by atoms with Gasteiger partial charge in [0, 0.05) is 25.7 Å². The van der Waals surface area contributed by atoms with E-state index in [1.807, 2.05) is 6.92 Å². The van der Waals surface area contributed by atoms with Crippen molar-refractivity contribution in [2.75, 3.05) is 45.8 Å². The summed E-state index contributed by atoms with van der Waals surface area (Å²) >= 11 is 0. The Morgan fingerprint density at radius 3 is 2.41 bits per heavy atom. The SMILES string of the molecule is CCNC(=NCC(C(C)C)N1CCCCCC1)NCCN1C(=O)CNC1=O. The first-order chi connectivity index (χ1) is 13.0. The monoisotopic (exact) mass is 380 g/mol. The highest BCUT2D eigenvalue weighted by atomic mass is 16.2. The molecule has 0 saturated carbocycles. The maximum atomic E-state index is 11.6. The fourth-order valence-corrected chi connectivity index (χ4v) is 3.67. The number of carbonyl (C=O) groups excluding carboxylic acids is 2. The van der Waals surface area contributed by atoms with E-state index in [9.17, 15) is 9.59 Å². The standard InChI is InChI=1S/C19H36N6O2/c1-4-20-18(21-9-12-25-17(26)14-23-19(25)27)22-13-16(15(2)3)24-10-7-5-6-8-11-24/h15-16H,4-14H2,1-3H3,(H,23,27)(H2,20,21,22). The molecule has 3 amide bonds. The van der Waals surface area contributed by atoms with Gasteiger partial charge in [-0.25, -0.2) is 4.79 Å². The highest BCUT2D eigenvalue weighted by molar-refractivity contribution is 6.01. The third-order valence-corrected chi connectivity index (χ3v) is 5.22. The summed E-state index contributed by atoms with van der Waals surface area (Å²) in [5.74, 6) is 1.11. The Bertz CT molecular complexity index is 498. The van der Waals surface area contributed by atoms with Crippen molar-refractivity contribution in [1.82, 2.24) is 25.8 Å².